The standard InChI is InChI=1S/C19H21N3O3S/c23-16-13-25-19(14-22(16)15-5-2-1-3-6-15)7-4-10-21(11-8-19)18(24)17-20-9-12-26-17/h1-3,5-6,9,12H,4,7-8,10-11,13-14H2. The Morgan fingerprint density at radius 1 is 1.19 bits per heavy atom. The van der Waals surface area contributed by atoms with Crippen LogP contribution >= 0.6 is 11.3 Å². The molecular formula is C19H21N3O3S. The summed E-state index contributed by atoms with van der Waals surface area (Å²) in [4.78, 5) is 32.8. The predicted molar refractivity (Wildman–Crippen MR) is 99.3 cm³/mol. The number of para-hydroxylation sites is 1. The molecule has 6 nitrogen and oxygen atoms in total. The number of morpholine rings is 1. The lowest BCUT2D eigenvalue weighted by Gasteiger charge is -2.42. The molecule has 0 radical (unpaired) electrons. The van der Waals surface area contributed by atoms with Gasteiger partial charge >= 0.3 is 0 Å². The zero-order valence-corrected chi connectivity index (χ0v) is 15.3. The van der Waals surface area contributed by atoms with Gasteiger partial charge in [0.1, 0.15) is 6.61 Å². The molecule has 0 bridgehead atoms. The summed E-state index contributed by atoms with van der Waals surface area (Å²) in [5.74, 6) is -0.0226. The molecule has 2 fully saturated rings. The third kappa shape index (κ3) is 3.37. The Bertz CT molecular complexity index is 781. The highest BCUT2D eigenvalue weighted by atomic mass is 32.1. The summed E-state index contributed by atoms with van der Waals surface area (Å²) < 4.78 is 6.03. The molecule has 1 aromatic carbocycles. The minimum atomic E-state index is -0.387. The minimum Gasteiger partial charge on any atom is -0.363 e. The first-order chi connectivity index (χ1) is 12.7. The zero-order chi connectivity index (χ0) is 18.0. The Morgan fingerprint density at radius 2 is 2.04 bits per heavy atom. The van der Waals surface area contributed by atoms with Gasteiger partial charge in [-0.15, -0.1) is 11.3 Å². The van der Waals surface area contributed by atoms with Crippen LogP contribution in [-0.4, -0.2) is 53.5 Å². The average Bonchev–Trinajstić information content (AvgIpc) is 3.14. The molecule has 1 atom stereocenters. The van der Waals surface area contributed by atoms with Crippen LogP contribution in [0.4, 0.5) is 5.69 Å². The van der Waals surface area contributed by atoms with Crippen LogP contribution in [0.25, 0.3) is 0 Å². The lowest BCUT2D eigenvalue weighted by molar-refractivity contribution is -0.140. The van der Waals surface area contributed by atoms with E-state index in [4.69, 9.17) is 4.74 Å². The van der Waals surface area contributed by atoms with Crippen molar-refractivity contribution < 1.29 is 14.3 Å². The number of thiazole rings is 1. The molecular weight excluding hydrogens is 350 g/mol. The summed E-state index contributed by atoms with van der Waals surface area (Å²) in [5.41, 5.74) is 0.516. The number of carbonyl (C=O) groups excluding carboxylic acids is 2. The SMILES string of the molecule is O=C(c1nccs1)N1CCCC2(CC1)CN(c1ccccc1)C(=O)CO2. The van der Waals surface area contributed by atoms with Gasteiger partial charge in [-0.1, -0.05) is 18.2 Å². The summed E-state index contributed by atoms with van der Waals surface area (Å²) in [7, 11) is 0. The van der Waals surface area contributed by atoms with Gasteiger partial charge in [0.25, 0.3) is 11.8 Å². The summed E-state index contributed by atoms with van der Waals surface area (Å²) in [5, 5.41) is 2.35. The first-order valence-corrected chi connectivity index (χ1v) is 9.73. The number of nitrogens with zero attached hydrogens (tertiary/aromatic N) is 3. The van der Waals surface area contributed by atoms with Crippen molar-refractivity contribution in [2.24, 2.45) is 0 Å². The van der Waals surface area contributed by atoms with Crippen molar-refractivity contribution in [2.75, 3.05) is 31.1 Å². The zero-order valence-electron chi connectivity index (χ0n) is 14.5. The number of hydrogen-bond donors (Lipinski definition) is 0. The second-order valence-corrected chi connectivity index (χ2v) is 7.66. The molecule has 7 heteroatoms. The molecule has 0 saturated carbocycles. The largest absolute Gasteiger partial charge is 0.363 e. The fraction of sp³-hybridized carbons (Fsp3) is 0.421. The Labute approximate surface area is 156 Å². The van der Waals surface area contributed by atoms with E-state index < -0.39 is 0 Å². The molecule has 1 unspecified atom stereocenters. The maximum absolute atomic E-state index is 12.6. The predicted octanol–water partition coefficient (Wildman–Crippen LogP) is 2.57. The van der Waals surface area contributed by atoms with Crippen LogP contribution in [0.5, 0.6) is 0 Å². The average molecular weight is 371 g/mol. The maximum Gasteiger partial charge on any atom is 0.282 e. The lowest BCUT2D eigenvalue weighted by Crippen LogP contribution is -2.55. The molecule has 2 aliphatic rings. The van der Waals surface area contributed by atoms with E-state index >= 15 is 0 Å². The Balaban J connectivity index is 1.49. The number of aromatic nitrogens is 1. The van der Waals surface area contributed by atoms with E-state index in [1.165, 1.54) is 11.3 Å². The van der Waals surface area contributed by atoms with E-state index in [-0.39, 0.29) is 24.0 Å². The fourth-order valence-electron chi connectivity index (χ4n) is 3.70. The van der Waals surface area contributed by atoms with Gasteiger partial charge in [-0.05, 0) is 31.4 Å². The minimum absolute atomic E-state index is 0.0103. The number of ether oxygens (including phenoxy) is 1. The van der Waals surface area contributed by atoms with Crippen molar-refractivity contribution in [3.05, 3.63) is 46.9 Å². The van der Waals surface area contributed by atoms with Crippen LogP contribution in [-0.2, 0) is 9.53 Å². The normalized spacial score (nSPS) is 23.9. The Hall–Kier alpha value is -2.25. The van der Waals surface area contributed by atoms with Gasteiger partial charge in [0.05, 0.1) is 12.1 Å². The van der Waals surface area contributed by atoms with Crippen LogP contribution in [0, 0.1) is 0 Å². The second kappa shape index (κ2) is 7.17. The molecule has 3 heterocycles. The summed E-state index contributed by atoms with van der Waals surface area (Å²) in [6.45, 7) is 1.95. The van der Waals surface area contributed by atoms with E-state index in [1.54, 1.807) is 6.20 Å². The lowest BCUT2D eigenvalue weighted by atomic mass is 9.92. The molecule has 136 valence electrons. The summed E-state index contributed by atoms with van der Waals surface area (Å²) in [6, 6.07) is 9.72. The maximum atomic E-state index is 12.6. The molecule has 0 aliphatic carbocycles. The van der Waals surface area contributed by atoms with E-state index in [0.29, 0.717) is 24.6 Å². The Morgan fingerprint density at radius 3 is 2.81 bits per heavy atom. The quantitative estimate of drug-likeness (QED) is 0.814. The molecule has 1 aromatic heterocycles. The number of likely N-dealkylation sites (tertiary alicyclic amines) is 1. The highest BCUT2D eigenvalue weighted by Crippen LogP contribution is 2.33. The van der Waals surface area contributed by atoms with E-state index in [0.717, 1.165) is 24.9 Å². The van der Waals surface area contributed by atoms with Gasteiger partial charge < -0.3 is 14.5 Å². The van der Waals surface area contributed by atoms with Crippen LogP contribution in [0.3, 0.4) is 0 Å². The van der Waals surface area contributed by atoms with Gasteiger partial charge in [-0.2, -0.15) is 0 Å². The smallest absolute Gasteiger partial charge is 0.282 e. The van der Waals surface area contributed by atoms with Gasteiger partial charge in [0.15, 0.2) is 5.01 Å². The number of hydrogen-bond acceptors (Lipinski definition) is 5. The van der Waals surface area contributed by atoms with Crippen LogP contribution in [0.15, 0.2) is 41.9 Å². The van der Waals surface area contributed by atoms with Crippen molar-refractivity contribution >= 4 is 28.8 Å². The number of carbonyl (C=O) groups is 2. The van der Waals surface area contributed by atoms with Crippen LogP contribution < -0.4 is 4.90 Å². The Kier molecular flexibility index (Phi) is 4.74. The van der Waals surface area contributed by atoms with Gasteiger partial charge in [-0.3, -0.25) is 9.59 Å². The number of rotatable bonds is 2. The molecule has 2 amide bonds. The highest BCUT2D eigenvalue weighted by molar-refractivity contribution is 7.11. The summed E-state index contributed by atoms with van der Waals surface area (Å²) >= 11 is 1.37. The van der Waals surface area contributed by atoms with E-state index in [9.17, 15) is 9.59 Å². The second-order valence-electron chi connectivity index (χ2n) is 6.77. The third-order valence-electron chi connectivity index (χ3n) is 5.12. The van der Waals surface area contributed by atoms with Gasteiger partial charge in [0.2, 0.25) is 0 Å². The van der Waals surface area contributed by atoms with E-state index in [1.807, 2.05) is 45.5 Å². The van der Waals surface area contributed by atoms with Gasteiger partial charge in [0, 0.05) is 30.4 Å². The monoisotopic (exact) mass is 371 g/mol. The molecule has 2 aliphatic heterocycles. The molecule has 1 spiro atoms. The molecule has 0 N–H and O–H groups in total. The molecule has 26 heavy (non-hydrogen) atoms. The molecule has 2 saturated heterocycles. The number of anilines is 1. The van der Waals surface area contributed by atoms with Crippen molar-refractivity contribution in [3.8, 4) is 0 Å². The van der Waals surface area contributed by atoms with Gasteiger partial charge in [-0.25, -0.2) is 4.98 Å². The van der Waals surface area contributed by atoms with Crippen LogP contribution in [0.1, 0.15) is 29.1 Å². The van der Waals surface area contributed by atoms with Crippen molar-refractivity contribution in [3.63, 3.8) is 0 Å². The summed E-state index contributed by atoms with van der Waals surface area (Å²) in [6.07, 6.45) is 4.07. The first kappa shape index (κ1) is 17.2. The third-order valence-corrected chi connectivity index (χ3v) is 5.88. The first-order valence-electron chi connectivity index (χ1n) is 8.85. The van der Waals surface area contributed by atoms with Crippen LogP contribution in [0.2, 0.25) is 0 Å². The molecule has 4 rings (SSSR count). The highest BCUT2D eigenvalue weighted by Gasteiger charge is 2.42. The van der Waals surface area contributed by atoms with E-state index in [2.05, 4.69) is 4.98 Å². The number of benzene rings is 1. The fourth-order valence-corrected chi connectivity index (χ4v) is 4.30. The molecule has 2 aromatic rings. The topological polar surface area (TPSA) is 62.7 Å². The van der Waals surface area contributed by atoms with Crippen molar-refractivity contribution in [1.82, 2.24) is 9.88 Å². The van der Waals surface area contributed by atoms with Crippen molar-refractivity contribution in [1.29, 1.82) is 0 Å². The van der Waals surface area contributed by atoms with Crippen molar-refractivity contribution in [2.45, 2.75) is 24.9 Å². The number of amides is 2.